The van der Waals surface area contributed by atoms with Crippen LogP contribution in [0.25, 0.3) is 0 Å². The van der Waals surface area contributed by atoms with E-state index in [0.717, 1.165) is 17.9 Å². The van der Waals surface area contributed by atoms with Crippen LogP contribution < -0.4 is 5.32 Å². The van der Waals surface area contributed by atoms with Crippen molar-refractivity contribution in [2.24, 2.45) is 11.3 Å². The van der Waals surface area contributed by atoms with Gasteiger partial charge in [-0.2, -0.15) is 0 Å². The molecule has 2 rings (SSSR count). The van der Waals surface area contributed by atoms with Gasteiger partial charge in [0.15, 0.2) is 0 Å². The molecule has 0 aromatic heterocycles. The second-order valence-corrected chi connectivity index (χ2v) is 4.62. The monoisotopic (exact) mass is 167 g/mol. The van der Waals surface area contributed by atoms with Crippen LogP contribution in [0.2, 0.25) is 0 Å². The van der Waals surface area contributed by atoms with E-state index in [4.69, 9.17) is 0 Å². The molecule has 0 atom stereocenters. The summed E-state index contributed by atoms with van der Waals surface area (Å²) in [5, 5.41) is 3.54. The first kappa shape index (κ1) is 8.55. The lowest BCUT2D eigenvalue weighted by molar-refractivity contribution is 0.00343. The highest BCUT2D eigenvalue weighted by Crippen LogP contribution is 2.53. The molecule has 0 bridgehead atoms. The Kier molecular flexibility index (Phi) is 2.40. The van der Waals surface area contributed by atoms with Gasteiger partial charge in [0, 0.05) is 6.54 Å². The van der Waals surface area contributed by atoms with E-state index in [1.54, 1.807) is 0 Å². The summed E-state index contributed by atoms with van der Waals surface area (Å²) in [4.78, 5) is 0. The molecule has 70 valence electrons. The summed E-state index contributed by atoms with van der Waals surface area (Å²) in [7, 11) is 0. The van der Waals surface area contributed by atoms with Crippen molar-refractivity contribution in [3.8, 4) is 0 Å². The van der Waals surface area contributed by atoms with E-state index in [1.165, 1.54) is 45.1 Å². The Morgan fingerprint density at radius 3 is 2.33 bits per heavy atom. The third-order valence-corrected chi connectivity index (χ3v) is 4.05. The maximum absolute atomic E-state index is 3.54. The Labute approximate surface area is 75.9 Å². The lowest BCUT2D eigenvalue weighted by atomic mass is 9.55. The highest BCUT2D eigenvalue weighted by Gasteiger charge is 2.45. The Bertz CT molecular complexity index is 145. The molecule has 0 saturated heterocycles. The van der Waals surface area contributed by atoms with Gasteiger partial charge in [-0.1, -0.05) is 19.8 Å². The molecule has 0 amide bonds. The van der Waals surface area contributed by atoms with Crippen LogP contribution in [0.5, 0.6) is 0 Å². The molecule has 1 nitrogen and oxygen atoms in total. The summed E-state index contributed by atoms with van der Waals surface area (Å²) in [6.07, 6.45) is 9.03. The molecule has 0 aromatic rings. The van der Waals surface area contributed by atoms with Crippen LogP contribution in [0, 0.1) is 11.3 Å². The van der Waals surface area contributed by atoms with E-state index in [-0.39, 0.29) is 0 Å². The average Bonchev–Trinajstić information content (AvgIpc) is 1.90. The summed E-state index contributed by atoms with van der Waals surface area (Å²) >= 11 is 0. The molecule has 0 radical (unpaired) electrons. The zero-order chi connectivity index (χ0) is 8.44. The molecular weight excluding hydrogens is 146 g/mol. The van der Waals surface area contributed by atoms with Gasteiger partial charge in [0.2, 0.25) is 0 Å². The lowest BCUT2D eigenvalue weighted by Gasteiger charge is -2.52. The fourth-order valence-corrected chi connectivity index (χ4v) is 2.75. The topological polar surface area (TPSA) is 12.0 Å². The summed E-state index contributed by atoms with van der Waals surface area (Å²) < 4.78 is 0. The number of hydrogen-bond acceptors (Lipinski definition) is 1. The highest BCUT2D eigenvalue weighted by atomic mass is 14.9. The largest absolute Gasteiger partial charge is 0.316 e. The Morgan fingerprint density at radius 2 is 2.00 bits per heavy atom. The van der Waals surface area contributed by atoms with Crippen molar-refractivity contribution in [3.63, 3.8) is 0 Å². The fraction of sp³-hybridized carbons (Fsp3) is 1.00. The first-order valence-corrected chi connectivity index (χ1v) is 5.58. The molecule has 0 aromatic carbocycles. The summed E-state index contributed by atoms with van der Waals surface area (Å²) in [6.45, 7) is 4.66. The van der Waals surface area contributed by atoms with Crippen molar-refractivity contribution >= 4 is 0 Å². The van der Waals surface area contributed by atoms with E-state index in [1.807, 2.05) is 0 Å². The van der Waals surface area contributed by atoms with Crippen molar-refractivity contribution in [2.75, 3.05) is 13.1 Å². The average molecular weight is 167 g/mol. The minimum atomic E-state index is 0.758. The van der Waals surface area contributed by atoms with Gasteiger partial charge in [0.05, 0.1) is 0 Å². The van der Waals surface area contributed by atoms with Crippen molar-refractivity contribution < 1.29 is 0 Å². The van der Waals surface area contributed by atoms with Crippen molar-refractivity contribution in [1.29, 1.82) is 0 Å². The van der Waals surface area contributed by atoms with Gasteiger partial charge in [-0.3, -0.25) is 0 Å². The summed E-state index contributed by atoms with van der Waals surface area (Å²) in [5.41, 5.74) is 0.758. The van der Waals surface area contributed by atoms with Crippen LogP contribution in [-0.2, 0) is 0 Å². The summed E-state index contributed by atoms with van der Waals surface area (Å²) in [6, 6.07) is 0. The Balaban J connectivity index is 1.85. The molecule has 2 aliphatic carbocycles. The van der Waals surface area contributed by atoms with E-state index in [2.05, 4.69) is 12.2 Å². The van der Waals surface area contributed by atoms with Crippen LogP contribution in [0.4, 0.5) is 0 Å². The van der Waals surface area contributed by atoms with E-state index < -0.39 is 0 Å². The zero-order valence-corrected chi connectivity index (χ0v) is 8.23. The number of nitrogens with one attached hydrogen (secondary N) is 1. The van der Waals surface area contributed by atoms with Crippen LogP contribution in [0.1, 0.15) is 45.4 Å². The molecule has 12 heavy (non-hydrogen) atoms. The van der Waals surface area contributed by atoms with Crippen molar-refractivity contribution in [3.05, 3.63) is 0 Å². The molecule has 2 saturated carbocycles. The predicted molar refractivity (Wildman–Crippen MR) is 52.2 cm³/mol. The molecular formula is C11H21N. The summed E-state index contributed by atoms with van der Waals surface area (Å²) in [5.74, 6) is 1.09. The van der Waals surface area contributed by atoms with Crippen LogP contribution in [0.15, 0.2) is 0 Å². The number of rotatable bonds is 4. The molecule has 2 aliphatic rings. The molecule has 2 fully saturated rings. The first-order valence-electron chi connectivity index (χ1n) is 5.58. The van der Waals surface area contributed by atoms with E-state index in [9.17, 15) is 0 Å². The predicted octanol–water partition coefficient (Wildman–Crippen LogP) is 2.57. The normalized spacial score (nSPS) is 27.8. The Hall–Kier alpha value is -0.0400. The standard InChI is InChI=1S/C11H21N/c1-2-12-9-11(7-4-8-11)10-5-3-6-10/h10,12H,2-9H2,1H3. The maximum atomic E-state index is 3.54. The zero-order valence-electron chi connectivity index (χ0n) is 8.23. The van der Waals surface area contributed by atoms with Gasteiger partial charge in [-0.25, -0.2) is 0 Å². The third-order valence-electron chi connectivity index (χ3n) is 4.05. The van der Waals surface area contributed by atoms with Gasteiger partial charge >= 0.3 is 0 Å². The van der Waals surface area contributed by atoms with E-state index >= 15 is 0 Å². The molecule has 0 unspecified atom stereocenters. The van der Waals surface area contributed by atoms with Crippen LogP contribution in [0.3, 0.4) is 0 Å². The molecule has 0 aliphatic heterocycles. The first-order chi connectivity index (χ1) is 5.87. The fourth-order valence-electron chi connectivity index (χ4n) is 2.75. The third kappa shape index (κ3) is 1.28. The van der Waals surface area contributed by atoms with Gasteiger partial charge in [-0.15, -0.1) is 0 Å². The second kappa shape index (κ2) is 3.37. The minimum Gasteiger partial charge on any atom is -0.316 e. The number of hydrogen-bond donors (Lipinski definition) is 1. The SMILES string of the molecule is CCNCC1(C2CCC2)CCC1. The molecule has 1 N–H and O–H groups in total. The molecule has 1 heteroatoms. The highest BCUT2D eigenvalue weighted by molar-refractivity contribution is 4.97. The van der Waals surface area contributed by atoms with Gasteiger partial charge in [0.1, 0.15) is 0 Å². The van der Waals surface area contributed by atoms with Crippen molar-refractivity contribution in [2.45, 2.75) is 45.4 Å². The van der Waals surface area contributed by atoms with Gasteiger partial charge in [0.25, 0.3) is 0 Å². The minimum absolute atomic E-state index is 0.758. The van der Waals surface area contributed by atoms with E-state index in [0.29, 0.717) is 0 Å². The second-order valence-electron chi connectivity index (χ2n) is 4.62. The van der Waals surface area contributed by atoms with Crippen molar-refractivity contribution in [1.82, 2.24) is 5.32 Å². The molecule has 0 spiro atoms. The lowest BCUT2D eigenvalue weighted by Crippen LogP contribution is -2.47. The molecule has 0 heterocycles. The smallest absolute Gasteiger partial charge is 0.00103 e. The van der Waals surface area contributed by atoms with Crippen LogP contribution >= 0.6 is 0 Å². The quantitative estimate of drug-likeness (QED) is 0.678. The van der Waals surface area contributed by atoms with Gasteiger partial charge in [-0.05, 0) is 43.6 Å². The van der Waals surface area contributed by atoms with Crippen LogP contribution in [-0.4, -0.2) is 13.1 Å². The van der Waals surface area contributed by atoms with Gasteiger partial charge < -0.3 is 5.32 Å². The Morgan fingerprint density at radius 1 is 1.25 bits per heavy atom. The maximum Gasteiger partial charge on any atom is 0.00103 e.